The molecule has 1 unspecified atom stereocenters. The van der Waals surface area contributed by atoms with Crippen molar-refractivity contribution in [3.63, 3.8) is 0 Å². The molecule has 0 aliphatic carbocycles. The number of amides is 3. The molecule has 0 saturated heterocycles. The number of carbonyl (C=O) groups is 2. The Morgan fingerprint density at radius 1 is 1.33 bits per heavy atom. The average Bonchev–Trinajstić information content (AvgIpc) is 3.06. The minimum atomic E-state index is -4.58. The van der Waals surface area contributed by atoms with Gasteiger partial charge >= 0.3 is 12.2 Å². The maximum Gasteiger partial charge on any atom is 0.408 e. The lowest BCUT2D eigenvalue weighted by molar-refractivity contribution is -0.149. The first kappa shape index (κ1) is 21.5. The number of hydrogen-bond acceptors (Lipinski definition) is 4. The van der Waals surface area contributed by atoms with Gasteiger partial charge in [-0.3, -0.25) is 9.48 Å². The van der Waals surface area contributed by atoms with E-state index in [4.69, 9.17) is 0 Å². The van der Waals surface area contributed by atoms with Crippen LogP contribution in [0.2, 0.25) is 0 Å². The number of rotatable bonds is 3. The van der Waals surface area contributed by atoms with Crippen LogP contribution in [0.15, 0.2) is 18.5 Å². The first-order valence-corrected chi connectivity index (χ1v) is 9.10. The zero-order valence-electron chi connectivity index (χ0n) is 16.4. The molecule has 0 bridgehead atoms. The van der Waals surface area contributed by atoms with Gasteiger partial charge in [-0.2, -0.15) is 22.7 Å². The lowest BCUT2D eigenvalue weighted by Gasteiger charge is -2.34. The molecule has 162 valence electrons. The molecule has 0 spiro atoms. The van der Waals surface area contributed by atoms with Gasteiger partial charge in [-0.1, -0.05) is 0 Å². The first-order valence-electron chi connectivity index (χ1n) is 9.10. The van der Waals surface area contributed by atoms with E-state index in [1.807, 2.05) is 5.32 Å². The normalized spacial score (nSPS) is 17.3. The van der Waals surface area contributed by atoms with E-state index in [0.717, 1.165) is 6.92 Å². The van der Waals surface area contributed by atoms with Crippen LogP contribution in [0.5, 0.6) is 0 Å². The molecule has 2 N–H and O–H groups in total. The summed E-state index contributed by atoms with van der Waals surface area (Å²) in [5.74, 6) is -1.64. The van der Waals surface area contributed by atoms with Crippen LogP contribution in [0, 0.1) is 12.9 Å². The minimum absolute atomic E-state index is 0.0399. The van der Waals surface area contributed by atoms with Crippen molar-refractivity contribution in [1.29, 1.82) is 0 Å². The van der Waals surface area contributed by atoms with Crippen molar-refractivity contribution in [3.8, 4) is 0 Å². The van der Waals surface area contributed by atoms with Gasteiger partial charge in [-0.05, 0) is 26.8 Å². The van der Waals surface area contributed by atoms with Crippen molar-refractivity contribution in [1.82, 2.24) is 25.0 Å². The molecule has 1 aliphatic rings. The predicted molar refractivity (Wildman–Crippen MR) is 98.2 cm³/mol. The third-order valence-corrected chi connectivity index (χ3v) is 4.97. The number of nitrogens with one attached hydrogen (secondary N) is 2. The monoisotopic (exact) mass is 428 g/mol. The van der Waals surface area contributed by atoms with Crippen molar-refractivity contribution >= 4 is 17.6 Å². The standard InChI is InChI=1S/C18H20F4N6O2/c1-9-7-28-14(12(6-24-28)16(29)25-11(3)18(20,21)22)8-27(9)17(30)26-13-4-5-23-15(19)10(13)2/h4-6,9,11H,7-8H2,1-3H3,(H,25,29)(H,23,26,30)/t9-,11?/m0/s1. The van der Waals surface area contributed by atoms with Gasteiger partial charge in [0.2, 0.25) is 5.95 Å². The molecule has 2 atom stereocenters. The summed E-state index contributed by atoms with van der Waals surface area (Å²) in [6.07, 6.45) is -2.18. The highest BCUT2D eigenvalue weighted by molar-refractivity contribution is 5.96. The third kappa shape index (κ3) is 4.21. The van der Waals surface area contributed by atoms with Crippen LogP contribution < -0.4 is 10.6 Å². The fourth-order valence-electron chi connectivity index (χ4n) is 3.05. The molecular weight excluding hydrogens is 408 g/mol. The van der Waals surface area contributed by atoms with E-state index in [9.17, 15) is 27.2 Å². The highest BCUT2D eigenvalue weighted by Gasteiger charge is 2.38. The van der Waals surface area contributed by atoms with Crippen molar-refractivity contribution in [2.75, 3.05) is 5.32 Å². The van der Waals surface area contributed by atoms with Crippen molar-refractivity contribution < 1.29 is 27.2 Å². The van der Waals surface area contributed by atoms with E-state index in [1.165, 1.54) is 35.0 Å². The Morgan fingerprint density at radius 2 is 2.03 bits per heavy atom. The quantitative estimate of drug-likeness (QED) is 0.581. The number of carbonyl (C=O) groups excluding carboxylic acids is 2. The molecule has 12 heteroatoms. The summed E-state index contributed by atoms with van der Waals surface area (Å²) in [6.45, 7) is 4.26. The van der Waals surface area contributed by atoms with E-state index in [2.05, 4.69) is 15.4 Å². The summed E-state index contributed by atoms with van der Waals surface area (Å²) >= 11 is 0. The zero-order chi connectivity index (χ0) is 22.2. The van der Waals surface area contributed by atoms with Crippen LogP contribution in [0.4, 0.5) is 28.0 Å². The molecule has 3 amide bonds. The zero-order valence-corrected chi connectivity index (χ0v) is 16.4. The summed E-state index contributed by atoms with van der Waals surface area (Å²) < 4.78 is 53.4. The van der Waals surface area contributed by atoms with Crippen molar-refractivity contribution in [2.24, 2.45) is 0 Å². The molecular formula is C18H20F4N6O2. The Kier molecular flexibility index (Phi) is 5.68. The Balaban J connectivity index is 1.79. The molecule has 30 heavy (non-hydrogen) atoms. The number of hydrogen-bond donors (Lipinski definition) is 2. The maximum atomic E-state index is 13.6. The van der Waals surface area contributed by atoms with Crippen LogP contribution in [0.1, 0.15) is 35.5 Å². The number of urea groups is 1. The van der Waals surface area contributed by atoms with E-state index < -0.39 is 30.1 Å². The van der Waals surface area contributed by atoms with Gasteiger partial charge < -0.3 is 15.5 Å². The molecule has 0 saturated carbocycles. The van der Waals surface area contributed by atoms with Gasteiger partial charge in [0.1, 0.15) is 6.04 Å². The van der Waals surface area contributed by atoms with Gasteiger partial charge in [-0.15, -0.1) is 0 Å². The van der Waals surface area contributed by atoms with Crippen LogP contribution >= 0.6 is 0 Å². The van der Waals surface area contributed by atoms with Crippen LogP contribution in [-0.2, 0) is 13.1 Å². The lowest BCUT2D eigenvalue weighted by atomic mass is 10.1. The van der Waals surface area contributed by atoms with E-state index in [0.29, 0.717) is 5.69 Å². The summed E-state index contributed by atoms with van der Waals surface area (Å²) in [7, 11) is 0. The second-order valence-electron chi connectivity index (χ2n) is 7.11. The molecule has 2 aromatic heterocycles. The van der Waals surface area contributed by atoms with Gasteiger partial charge in [0.25, 0.3) is 5.91 Å². The summed E-state index contributed by atoms with van der Waals surface area (Å²) in [5.41, 5.74) is 0.687. The molecule has 3 heterocycles. The van der Waals surface area contributed by atoms with Gasteiger partial charge in [0, 0.05) is 11.8 Å². The molecule has 0 fully saturated rings. The number of alkyl halides is 3. The summed E-state index contributed by atoms with van der Waals surface area (Å²) in [5, 5.41) is 8.56. The summed E-state index contributed by atoms with van der Waals surface area (Å²) in [6, 6.07) is -1.45. The first-order chi connectivity index (χ1) is 14.0. The largest absolute Gasteiger partial charge is 0.408 e. The van der Waals surface area contributed by atoms with Crippen molar-refractivity contribution in [3.05, 3.63) is 41.2 Å². The Bertz CT molecular complexity index is 974. The van der Waals surface area contributed by atoms with Crippen LogP contribution in [0.25, 0.3) is 0 Å². The van der Waals surface area contributed by atoms with Crippen molar-refractivity contribution in [2.45, 2.75) is 52.1 Å². The SMILES string of the molecule is Cc1c(NC(=O)N2Cc3c(C(=O)NC(C)C(F)(F)F)cnn3C[C@@H]2C)ccnc1F. The maximum absolute atomic E-state index is 13.6. The van der Waals surface area contributed by atoms with Crippen LogP contribution in [0.3, 0.4) is 0 Å². The number of nitrogens with zero attached hydrogens (tertiary/aromatic N) is 4. The Labute approximate surface area is 169 Å². The topological polar surface area (TPSA) is 92.2 Å². The third-order valence-electron chi connectivity index (χ3n) is 4.97. The smallest absolute Gasteiger partial charge is 0.340 e. The van der Waals surface area contributed by atoms with E-state index in [-0.39, 0.29) is 35.9 Å². The van der Waals surface area contributed by atoms with E-state index >= 15 is 0 Å². The second kappa shape index (κ2) is 7.92. The second-order valence-corrected chi connectivity index (χ2v) is 7.11. The fraction of sp³-hybridized carbons (Fsp3) is 0.444. The lowest BCUT2D eigenvalue weighted by Crippen LogP contribution is -2.48. The number of anilines is 1. The number of pyridine rings is 1. The van der Waals surface area contributed by atoms with E-state index in [1.54, 1.807) is 6.92 Å². The van der Waals surface area contributed by atoms with Crippen LogP contribution in [-0.4, -0.2) is 49.9 Å². The van der Waals surface area contributed by atoms with Gasteiger partial charge in [0.15, 0.2) is 0 Å². The fourth-order valence-corrected chi connectivity index (χ4v) is 3.05. The number of fused-ring (bicyclic) bond motifs is 1. The molecule has 1 aliphatic heterocycles. The predicted octanol–water partition coefficient (Wildman–Crippen LogP) is 2.84. The van der Waals surface area contributed by atoms with Gasteiger partial charge in [0.05, 0.1) is 42.3 Å². The number of aromatic nitrogens is 3. The number of halogens is 4. The molecule has 3 rings (SSSR count). The Hall–Kier alpha value is -3.18. The summed E-state index contributed by atoms with van der Waals surface area (Å²) in [4.78, 5) is 30.0. The average molecular weight is 428 g/mol. The minimum Gasteiger partial charge on any atom is -0.340 e. The molecule has 0 radical (unpaired) electrons. The molecule has 2 aromatic rings. The molecule has 0 aromatic carbocycles. The van der Waals surface area contributed by atoms with Gasteiger partial charge in [-0.25, -0.2) is 9.78 Å². The highest BCUT2D eigenvalue weighted by Crippen LogP contribution is 2.24. The highest BCUT2D eigenvalue weighted by atomic mass is 19.4. The Morgan fingerprint density at radius 3 is 2.70 bits per heavy atom. The molecule has 8 nitrogen and oxygen atoms in total.